The molecule has 216 valence electrons. The molecular weight excluding hydrogens is 488 g/mol. The molecule has 1 aliphatic heterocycles. The molecule has 0 aromatic rings. The Bertz CT molecular complexity index is 667. The topological polar surface area (TPSA) is 98.3 Å². The van der Waals surface area contributed by atoms with Crippen molar-refractivity contribution in [3.05, 3.63) is 36.5 Å². The van der Waals surface area contributed by atoms with E-state index in [1.165, 1.54) is 6.42 Å². The molecule has 1 fully saturated rings. The summed E-state index contributed by atoms with van der Waals surface area (Å²) in [5.74, 6) is 1.68. The van der Waals surface area contributed by atoms with Crippen molar-refractivity contribution in [1.29, 1.82) is 0 Å². The van der Waals surface area contributed by atoms with Crippen molar-refractivity contribution < 1.29 is 14.3 Å². The molecule has 37 heavy (non-hydrogen) atoms. The van der Waals surface area contributed by atoms with Crippen LogP contribution in [0.1, 0.15) is 67.2 Å². The zero-order chi connectivity index (χ0) is 29.1. The number of hydrogen-bond donors (Lipinski definition) is 4. The van der Waals surface area contributed by atoms with Gasteiger partial charge in [0.25, 0.3) is 0 Å². The molecule has 0 bridgehead atoms. The molecule has 0 saturated carbocycles. The number of nitrogens with zero attached hydrogens (tertiary/aromatic N) is 3. The number of aldehydes is 1. The Kier molecular flexibility index (Phi) is 29.7. The van der Waals surface area contributed by atoms with Crippen molar-refractivity contribution >= 4 is 31.3 Å². The summed E-state index contributed by atoms with van der Waals surface area (Å²) in [6, 6.07) is -0.341. The van der Waals surface area contributed by atoms with E-state index in [1.807, 2.05) is 34.7 Å². The van der Waals surface area contributed by atoms with Crippen LogP contribution in [-0.4, -0.2) is 69.3 Å². The van der Waals surface area contributed by atoms with Gasteiger partial charge in [0.1, 0.15) is 6.29 Å². The lowest BCUT2D eigenvalue weighted by Gasteiger charge is -2.25. The lowest BCUT2D eigenvalue weighted by molar-refractivity contribution is -0.107. The smallest absolute Gasteiger partial charge is 0.328 e. The molecule has 1 heterocycles. The van der Waals surface area contributed by atoms with Crippen LogP contribution in [0, 0.1) is 11.8 Å². The van der Waals surface area contributed by atoms with Gasteiger partial charge < -0.3 is 25.1 Å². The maximum absolute atomic E-state index is 10.7. The van der Waals surface area contributed by atoms with Gasteiger partial charge in [0, 0.05) is 51.1 Å². The zero-order valence-electron chi connectivity index (χ0n) is 24.7. The Morgan fingerprint density at radius 2 is 1.92 bits per heavy atom. The molecule has 1 saturated heterocycles. The minimum atomic E-state index is -0.341. The molecule has 0 aliphatic carbocycles. The van der Waals surface area contributed by atoms with E-state index in [2.05, 4.69) is 84.8 Å². The molecule has 0 aromatic heterocycles. The molecule has 0 radical (unpaired) electrons. The summed E-state index contributed by atoms with van der Waals surface area (Å²) >= 11 is 3.59. The molecule has 1 unspecified atom stereocenters. The molecule has 0 aromatic carbocycles. The predicted octanol–water partition coefficient (Wildman–Crippen LogP) is 5.17. The number of unbranched alkanes of at least 4 members (excludes halogenated alkanes) is 1. The highest BCUT2D eigenvalue weighted by molar-refractivity contribution is 7.78. The number of thiol groups is 1. The van der Waals surface area contributed by atoms with Crippen LogP contribution in [-0.2, 0) is 9.53 Å². The summed E-state index contributed by atoms with van der Waals surface area (Å²) in [6.07, 6.45) is 12.1. The number of likely N-dealkylation sites (N-methyl/N-ethyl adjacent to an activating group) is 1. The number of allylic oxidation sites excluding steroid dienone is 2. The lowest BCUT2D eigenvalue weighted by Crippen LogP contribution is -2.27. The van der Waals surface area contributed by atoms with E-state index in [0.717, 1.165) is 44.0 Å². The van der Waals surface area contributed by atoms with Crippen LogP contribution in [0.15, 0.2) is 41.6 Å². The number of urea groups is 1. The number of hydrogen-bond acceptors (Lipinski definition) is 8. The molecule has 1 rings (SSSR count). The van der Waals surface area contributed by atoms with Crippen molar-refractivity contribution in [2.45, 2.75) is 67.2 Å². The first-order valence-electron chi connectivity index (χ1n) is 13.1. The number of carbonyl (C=O) groups is 2. The second-order valence-electron chi connectivity index (χ2n) is 8.43. The Morgan fingerprint density at radius 1 is 1.27 bits per heavy atom. The van der Waals surface area contributed by atoms with Gasteiger partial charge in [0.05, 0.1) is 6.61 Å². The molecule has 3 N–H and O–H groups in total. The normalized spacial score (nSPS) is 14.0. The number of nitrogens with one attached hydrogen (secondary N) is 3. The second kappa shape index (κ2) is 28.1. The largest absolute Gasteiger partial charge is 0.478 e. The molecule has 9 nitrogen and oxygen atoms in total. The number of ether oxygens (including phenoxy) is 1. The maximum Gasteiger partial charge on any atom is 0.328 e. The average molecular weight is 543 g/mol. The van der Waals surface area contributed by atoms with Gasteiger partial charge in [-0.05, 0) is 38.9 Å². The standard InChI is InChI=1S/C9H14N2O2.C9H19N.C7H15N3OS.C2H6/c1-9-11(6-4-8-13-9)10-5-2-3-7-12;1-5-9(2)7-6-8-10(3)4;1-5(2)6(8-3)4-9-7(11)10-12;1-2/h5,7H,1-4,6,8H2;6-7,9H,5,8H2,1-4H3;4-5,8,12H,1-3H3,(H2,9,10,11);1-2H3/b10-5-;7-6+;6-4+;. The average Bonchev–Trinajstić information content (AvgIpc) is 2.89. The third-order valence-electron chi connectivity index (χ3n) is 4.66. The number of hydrazone groups is 1. The number of carbonyl (C=O) groups excluding carboxylic acids is 2. The van der Waals surface area contributed by atoms with Crippen molar-refractivity contribution in [1.82, 2.24) is 25.3 Å². The van der Waals surface area contributed by atoms with Crippen LogP contribution >= 0.6 is 12.8 Å². The summed E-state index contributed by atoms with van der Waals surface area (Å²) in [5, 5.41) is 11.3. The fraction of sp³-hybridized carbons (Fsp3) is 0.667. The van der Waals surface area contributed by atoms with Gasteiger partial charge in [-0.1, -0.05) is 72.9 Å². The first kappa shape index (κ1) is 39.1. The second-order valence-corrected chi connectivity index (χ2v) is 8.65. The van der Waals surface area contributed by atoms with E-state index in [1.54, 1.807) is 17.4 Å². The van der Waals surface area contributed by atoms with Crippen LogP contribution < -0.4 is 15.4 Å². The summed E-state index contributed by atoms with van der Waals surface area (Å²) in [6.45, 7) is 18.9. The van der Waals surface area contributed by atoms with Gasteiger partial charge in [-0.15, -0.1) is 0 Å². The molecule has 2 amide bonds. The summed E-state index contributed by atoms with van der Waals surface area (Å²) in [5.41, 5.74) is 0.965. The van der Waals surface area contributed by atoms with Gasteiger partial charge in [0.15, 0.2) is 0 Å². The molecular formula is C27H54N6O3S. The molecule has 1 aliphatic rings. The SMILES string of the molecule is C=C1OCCCN1/N=C\CCC=O.CC.CCC(C)/C=C/CN(C)C.CN/C(=C/NC(=O)NS)C(C)C. The van der Waals surface area contributed by atoms with Crippen LogP contribution in [0.4, 0.5) is 4.79 Å². The fourth-order valence-electron chi connectivity index (χ4n) is 2.37. The summed E-state index contributed by atoms with van der Waals surface area (Å²) in [7, 11) is 5.98. The molecule has 1 atom stereocenters. The van der Waals surface area contributed by atoms with E-state index in [4.69, 9.17) is 4.74 Å². The van der Waals surface area contributed by atoms with Crippen LogP contribution in [0.5, 0.6) is 0 Å². The van der Waals surface area contributed by atoms with E-state index < -0.39 is 0 Å². The monoisotopic (exact) mass is 542 g/mol. The Morgan fingerprint density at radius 3 is 2.38 bits per heavy atom. The highest BCUT2D eigenvalue weighted by atomic mass is 32.1. The van der Waals surface area contributed by atoms with Crippen molar-refractivity contribution in [3.8, 4) is 0 Å². The van der Waals surface area contributed by atoms with Gasteiger partial charge in [-0.25, -0.2) is 9.80 Å². The Labute approximate surface area is 232 Å². The molecule has 0 spiro atoms. The Balaban J connectivity index is -0.000000457. The van der Waals surface area contributed by atoms with Crippen molar-refractivity contribution in [3.63, 3.8) is 0 Å². The van der Waals surface area contributed by atoms with E-state index in [9.17, 15) is 9.59 Å². The van der Waals surface area contributed by atoms with Gasteiger partial charge in [-0.3, -0.25) is 4.72 Å². The van der Waals surface area contributed by atoms with Crippen LogP contribution in [0.2, 0.25) is 0 Å². The van der Waals surface area contributed by atoms with Crippen molar-refractivity contribution in [2.75, 3.05) is 40.8 Å². The van der Waals surface area contributed by atoms with Gasteiger partial charge in [-0.2, -0.15) is 5.10 Å². The first-order chi connectivity index (χ1) is 17.6. The van der Waals surface area contributed by atoms with Crippen LogP contribution in [0.25, 0.3) is 0 Å². The zero-order valence-corrected chi connectivity index (χ0v) is 25.6. The third kappa shape index (κ3) is 26.4. The number of rotatable bonds is 11. The summed E-state index contributed by atoms with van der Waals surface area (Å²) in [4.78, 5) is 22.9. The quantitative estimate of drug-likeness (QED) is 0.0946. The van der Waals surface area contributed by atoms with Gasteiger partial charge >= 0.3 is 6.03 Å². The van der Waals surface area contributed by atoms with E-state index >= 15 is 0 Å². The number of amides is 2. The third-order valence-corrected chi connectivity index (χ3v) is 4.86. The lowest BCUT2D eigenvalue weighted by atomic mass is 10.1. The van der Waals surface area contributed by atoms with E-state index in [0.29, 0.717) is 24.6 Å². The minimum Gasteiger partial charge on any atom is -0.478 e. The highest BCUT2D eigenvalue weighted by Gasteiger charge is 2.11. The highest BCUT2D eigenvalue weighted by Crippen LogP contribution is 2.11. The van der Waals surface area contributed by atoms with E-state index in [-0.39, 0.29) is 6.03 Å². The van der Waals surface area contributed by atoms with Gasteiger partial charge in [0.2, 0.25) is 5.88 Å². The predicted molar refractivity (Wildman–Crippen MR) is 161 cm³/mol. The minimum absolute atomic E-state index is 0.341. The van der Waals surface area contributed by atoms with Crippen LogP contribution in [0.3, 0.4) is 0 Å². The Hall–Kier alpha value is -2.46. The maximum atomic E-state index is 10.7. The van der Waals surface area contributed by atoms with Crippen molar-refractivity contribution in [2.24, 2.45) is 16.9 Å². The fourth-order valence-corrected chi connectivity index (χ4v) is 2.43. The summed E-state index contributed by atoms with van der Waals surface area (Å²) < 4.78 is 7.35. The first-order valence-corrected chi connectivity index (χ1v) is 13.5. The molecule has 10 heteroatoms.